The lowest BCUT2D eigenvalue weighted by Gasteiger charge is -2.30. The van der Waals surface area contributed by atoms with Gasteiger partial charge in [-0.3, -0.25) is 9.89 Å². The molecule has 0 fully saturated rings. The fourth-order valence-electron chi connectivity index (χ4n) is 2.19. The van der Waals surface area contributed by atoms with E-state index in [1.807, 2.05) is 0 Å². The van der Waals surface area contributed by atoms with Crippen molar-refractivity contribution >= 4 is 39.8 Å². The standard InChI is InChI=1S/C15H34N4O3S.HI/c1-13(2)19(14(3)4)9-7-17-15(16-5)18-8-10-22-11-12-23(6,20)21;/h13-14H,7-12H2,1-6H3,(H2,16,17,18);1H. The zero-order valence-electron chi connectivity index (χ0n) is 15.8. The molecule has 0 heterocycles. The minimum atomic E-state index is -2.95. The second-order valence-corrected chi connectivity index (χ2v) is 8.35. The van der Waals surface area contributed by atoms with E-state index in [1.165, 1.54) is 6.26 Å². The summed E-state index contributed by atoms with van der Waals surface area (Å²) in [6, 6.07) is 1.02. The summed E-state index contributed by atoms with van der Waals surface area (Å²) in [5.74, 6) is 0.782. The van der Waals surface area contributed by atoms with Crippen molar-refractivity contribution in [1.29, 1.82) is 0 Å². The molecular weight excluding hydrogens is 443 g/mol. The number of nitrogens with one attached hydrogen (secondary N) is 2. The number of hydrogen-bond acceptors (Lipinski definition) is 5. The number of sulfone groups is 1. The predicted molar refractivity (Wildman–Crippen MR) is 112 cm³/mol. The first-order chi connectivity index (χ1) is 10.7. The number of halogens is 1. The predicted octanol–water partition coefficient (Wildman–Crippen LogP) is 0.949. The van der Waals surface area contributed by atoms with Crippen LogP contribution in [0.15, 0.2) is 4.99 Å². The lowest BCUT2D eigenvalue weighted by molar-refractivity contribution is 0.153. The van der Waals surface area contributed by atoms with Gasteiger partial charge in [-0.2, -0.15) is 0 Å². The third-order valence-corrected chi connectivity index (χ3v) is 4.26. The van der Waals surface area contributed by atoms with Crippen LogP contribution < -0.4 is 10.6 Å². The number of hydrogen-bond donors (Lipinski definition) is 2. The van der Waals surface area contributed by atoms with Crippen molar-refractivity contribution in [3.05, 3.63) is 0 Å². The Bertz CT molecular complexity index is 434. The van der Waals surface area contributed by atoms with Gasteiger partial charge in [-0.15, -0.1) is 24.0 Å². The molecule has 0 aliphatic carbocycles. The molecule has 0 saturated carbocycles. The van der Waals surface area contributed by atoms with Crippen LogP contribution in [0.2, 0.25) is 0 Å². The van der Waals surface area contributed by atoms with Crippen molar-refractivity contribution in [2.75, 3.05) is 51.9 Å². The molecule has 7 nitrogen and oxygen atoms in total. The van der Waals surface area contributed by atoms with E-state index in [1.54, 1.807) is 7.05 Å². The molecule has 0 spiro atoms. The average Bonchev–Trinajstić information content (AvgIpc) is 2.42. The molecule has 0 unspecified atom stereocenters. The number of ether oxygens (including phenoxy) is 1. The highest BCUT2D eigenvalue weighted by molar-refractivity contribution is 14.0. The monoisotopic (exact) mass is 478 g/mol. The van der Waals surface area contributed by atoms with Gasteiger partial charge in [0.05, 0.1) is 19.0 Å². The minimum Gasteiger partial charge on any atom is -0.379 e. The van der Waals surface area contributed by atoms with Gasteiger partial charge in [0.15, 0.2) is 5.96 Å². The highest BCUT2D eigenvalue weighted by Crippen LogP contribution is 2.03. The van der Waals surface area contributed by atoms with Gasteiger partial charge < -0.3 is 15.4 Å². The maximum atomic E-state index is 11.0. The molecule has 0 aromatic carbocycles. The Hall–Kier alpha value is -0.130. The second kappa shape index (κ2) is 14.1. The van der Waals surface area contributed by atoms with Crippen molar-refractivity contribution in [3.8, 4) is 0 Å². The van der Waals surface area contributed by atoms with E-state index in [-0.39, 0.29) is 36.3 Å². The van der Waals surface area contributed by atoms with Crippen LogP contribution in [0.1, 0.15) is 27.7 Å². The molecule has 2 N–H and O–H groups in total. The van der Waals surface area contributed by atoms with Gasteiger partial charge >= 0.3 is 0 Å². The van der Waals surface area contributed by atoms with Gasteiger partial charge in [0, 0.05) is 45.0 Å². The molecule has 0 radical (unpaired) electrons. The lowest BCUT2D eigenvalue weighted by Crippen LogP contribution is -2.45. The number of nitrogens with zero attached hydrogens (tertiary/aromatic N) is 2. The lowest BCUT2D eigenvalue weighted by atomic mass is 10.2. The van der Waals surface area contributed by atoms with Crippen LogP contribution in [0.3, 0.4) is 0 Å². The van der Waals surface area contributed by atoms with Crippen LogP contribution >= 0.6 is 24.0 Å². The number of aliphatic imine (C=N–C) groups is 1. The number of rotatable bonds is 11. The van der Waals surface area contributed by atoms with Crippen LogP contribution in [0, 0.1) is 0 Å². The zero-order valence-corrected chi connectivity index (χ0v) is 19.0. The summed E-state index contributed by atoms with van der Waals surface area (Å²) in [5, 5.41) is 6.42. The van der Waals surface area contributed by atoms with Crippen LogP contribution in [0.5, 0.6) is 0 Å². The normalized spacial score (nSPS) is 12.6. The Morgan fingerprint density at radius 2 is 1.62 bits per heavy atom. The average molecular weight is 478 g/mol. The van der Waals surface area contributed by atoms with Crippen LogP contribution in [-0.4, -0.2) is 83.3 Å². The molecule has 0 atom stereocenters. The Kier molecular flexibility index (Phi) is 15.3. The Labute approximate surface area is 164 Å². The van der Waals surface area contributed by atoms with Crippen LogP contribution in [0.4, 0.5) is 0 Å². The topological polar surface area (TPSA) is 83.0 Å². The molecule has 0 aromatic rings. The van der Waals surface area contributed by atoms with Crippen LogP contribution in [0.25, 0.3) is 0 Å². The van der Waals surface area contributed by atoms with Gasteiger partial charge in [0.25, 0.3) is 0 Å². The van der Waals surface area contributed by atoms with E-state index in [2.05, 4.69) is 48.2 Å². The Morgan fingerprint density at radius 1 is 1.08 bits per heavy atom. The molecule has 0 bridgehead atoms. The third kappa shape index (κ3) is 14.2. The summed E-state index contributed by atoms with van der Waals surface area (Å²) in [4.78, 5) is 6.57. The zero-order chi connectivity index (χ0) is 17.9. The quantitative estimate of drug-likeness (QED) is 0.199. The molecular formula is C15H35IN4O3S. The van der Waals surface area contributed by atoms with Crippen molar-refractivity contribution in [1.82, 2.24) is 15.5 Å². The van der Waals surface area contributed by atoms with E-state index < -0.39 is 9.84 Å². The fourth-order valence-corrected chi connectivity index (χ4v) is 2.61. The molecule has 0 aliphatic rings. The van der Waals surface area contributed by atoms with Gasteiger partial charge in [-0.05, 0) is 27.7 Å². The van der Waals surface area contributed by atoms with E-state index in [4.69, 9.17) is 4.74 Å². The maximum absolute atomic E-state index is 11.0. The summed E-state index contributed by atoms with van der Waals surface area (Å²) < 4.78 is 27.2. The van der Waals surface area contributed by atoms with Gasteiger partial charge in [0.2, 0.25) is 0 Å². The molecule has 146 valence electrons. The fraction of sp³-hybridized carbons (Fsp3) is 0.933. The Balaban J connectivity index is 0. The highest BCUT2D eigenvalue weighted by atomic mass is 127. The van der Waals surface area contributed by atoms with Crippen molar-refractivity contribution in [3.63, 3.8) is 0 Å². The summed E-state index contributed by atoms with van der Waals surface area (Å²) >= 11 is 0. The van der Waals surface area contributed by atoms with E-state index >= 15 is 0 Å². The Morgan fingerprint density at radius 3 is 2.08 bits per heavy atom. The first kappa shape index (κ1) is 26.1. The molecule has 0 saturated heterocycles. The molecule has 0 rings (SSSR count). The number of guanidine groups is 1. The summed E-state index contributed by atoms with van der Waals surface area (Å²) in [7, 11) is -1.23. The van der Waals surface area contributed by atoms with Crippen molar-refractivity contribution < 1.29 is 13.2 Å². The summed E-state index contributed by atoms with van der Waals surface area (Å²) in [6.45, 7) is 11.8. The van der Waals surface area contributed by atoms with Gasteiger partial charge in [0.1, 0.15) is 9.84 Å². The summed E-state index contributed by atoms with van der Waals surface area (Å²) in [6.07, 6.45) is 1.21. The van der Waals surface area contributed by atoms with Crippen molar-refractivity contribution in [2.24, 2.45) is 4.99 Å². The van der Waals surface area contributed by atoms with E-state index in [9.17, 15) is 8.42 Å². The van der Waals surface area contributed by atoms with E-state index in [0.29, 0.717) is 25.2 Å². The molecule has 9 heteroatoms. The first-order valence-electron chi connectivity index (χ1n) is 8.13. The van der Waals surface area contributed by atoms with Crippen LogP contribution in [-0.2, 0) is 14.6 Å². The molecule has 24 heavy (non-hydrogen) atoms. The first-order valence-corrected chi connectivity index (χ1v) is 10.2. The second-order valence-electron chi connectivity index (χ2n) is 6.09. The molecule has 0 aromatic heterocycles. The third-order valence-electron chi connectivity index (χ3n) is 3.35. The summed E-state index contributed by atoms with van der Waals surface area (Å²) in [5.41, 5.74) is 0. The SMILES string of the molecule is CN=C(NCCOCCS(C)(=O)=O)NCCN(C(C)C)C(C)C.I. The molecule has 0 aliphatic heterocycles. The smallest absolute Gasteiger partial charge is 0.191 e. The van der Waals surface area contributed by atoms with Gasteiger partial charge in [-0.25, -0.2) is 8.42 Å². The van der Waals surface area contributed by atoms with E-state index in [0.717, 1.165) is 19.0 Å². The largest absolute Gasteiger partial charge is 0.379 e. The van der Waals surface area contributed by atoms with Crippen molar-refractivity contribution in [2.45, 2.75) is 39.8 Å². The highest BCUT2D eigenvalue weighted by Gasteiger charge is 2.12. The maximum Gasteiger partial charge on any atom is 0.191 e. The van der Waals surface area contributed by atoms with Gasteiger partial charge in [-0.1, -0.05) is 0 Å². The molecule has 0 amide bonds. The minimum absolute atomic E-state index is 0.